The van der Waals surface area contributed by atoms with E-state index in [4.69, 9.17) is 0 Å². The monoisotopic (exact) mass is 501 g/mol. The van der Waals surface area contributed by atoms with Crippen LogP contribution in [0.5, 0.6) is 0 Å². The van der Waals surface area contributed by atoms with Crippen molar-refractivity contribution in [2.24, 2.45) is 0 Å². The Bertz CT molecular complexity index is 602. The van der Waals surface area contributed by atoms with Crippen molar-refractivity contribution in [3.63, 3.8) is 0 Å². The van der Waals surface area contributed by atoms with Gasteiger partial charge in [-0.05, 0) is 19.3 Å². The molecular weight excluding hydrogens is 464 g/mol. The van der Waals surface area contributed by atoms with E-state index >= 15 is 0 Å². The smallest absolute Gasteiger partial charge is 0.550 e. The molecule has 0 fully saturated rings. The minimum absolute atomic E-state index is 0. The molecule has 0 aromatic carbocycles. The number of hydrogen-bond acceptors (Lipinski definition) is 8. The van der Waals surface area contributed by atoms with Gasteiger partial charge in [0, 0.05) is 18.8 Å². The zero-order valence-corrected chi connectivity index (χ0v) is 25.2. The van der Waals surface area contributed by atoms with E-state index in [-0.39, 0.29) is 72.0 Å². The maximum Gasteiger partial charge on any atom is 1.00 e. The molecule has 0 unspecified atom stereocenters. The van der Waals surface area contributed by atoms with Gasteiger partial charge in [0.25, 0.3) is 0 Å². The molecule has 1 amide bonds. The van der Waals surface area contributed by atoms with Crippen LogP contribution in [0.3, 0.4) is 0 Å². The van der Waals surface area contributed by atoms with E-state index in [2.05, 4.69) is 17.0 Å². The van der Waals surface area contributed by atoms with E-state index in [1.165, 1.54) is 44.9 Å². The fraction of sp³-hybridized carbons (Fsp3) is 0.783. The van der Waals surface area contributed by atoms with Crippen LogP contribution < -0.4 is 74.6 Å². The third-order valence-electron chi connectivity index (χ3n) is 5.03. The normalized spacial score (nSPS) is 10.9. The zero-order chi connectivity index (χ0) is 24.2. The molecule has 0 saturated heterocycles. The third-order valence-corrected chi connectivity index (χ3v) is 5.03. The second-order valence-corrected chi connectivity index (χ2v) is 7.98. The minimum atomic E-state index is -1.53. The van der Waals surface area contributed by atoms with Crippen LogP contribution in [-0.4, -0.2) is 35.8 Å². The fourth-order valence-electron chi connectivity index (χ4n) is 3.16. The predicted octanol–water partition coefficient (Wildman–Crippen LogP) is -4.69. The van der Waals surface area contributed by atoms with Crippen LogP contribution in [0.4, 0.5) is 0 Å². The maximum atomic E-state index is 12.0. The van der Waals surface area contributed by atoms with Crippen molar-refractivity contribution in [1.29, 1.82) is 0 Å². The van der Waals surface area contributed by atoms with Crippen molar-refractivity contribution in [2.45, 2.75) is 116 Å². The summed E-state index contributed by atoms with van der Waals surface area (Å²) in [6.45, 7) is 2.20. The summed E-state index contributed by atoms with van der Waals surface area (Å²) in [6.07, 6.45) is 10.9. The van der Waals surface area contributed by atoms with Crippen LogP contribution in [0.25, 0.3) is 0 Å². The number of amides is 1. The SMILES string of the molecule is CCCCCCCCCCCCCC(=O)N[C@H](CCC(=O)OC(=O)CCC(=O)[O-])C(=O)[O-].[Na+].[Na+]. The average Bonchev–Trinajstić information content (AvgIpc) is 2.73. The van der Waals surface area contributed by atoms with Crippen LogP contribution >= 0.6 is 0 Å². The summed E-state index contributed by atoms with van der Waals surface area (Å²) >= 11 is 0. The molecule has 1 atom stereocenters. The number of carboxylic acid groups (broad SMARTS) is 2. The second kappa shape index (κ2) is 25.6. The molecule has 0 heterocycles. The van der Waals surface area contributed by atoms with Crippen LogP contribution in [0.15, 0.2) is 0 Å². The maximum absolute atomic E-state index is 12.0. The number of hydrogen-bond donors (Lipinski definition) is 1. The Morgan fingerprint density at radius 3 is 1.62 bits per heavy atom. The van der Waals surface area contributed by atoms with Crippen LogP contribution in [0, 0.1) is 0 Å². The van der Waals surface area contributed by atoms with Crippen molar-refractivity contribution in [2.75, 3.05) is 0 Å². The molecule has 0 spiro atoms. The van der Waals surface area contributed by atoms with Gasteiger partial charge in [0.05, 0.1) is 18.4 Å². The average molecular weight is 502 g/mol. The number of unbranched alkanes of at least 4 members (excludes halogenated alkanes) is 10. The standard InChI is InChI=1S/C23H39NO8.2Na/c1-2-3-4-5-6-7-8-9-10-11-12-13-19(25)24-18(23(30)31)14-16-21(28)32-22(29)17-15-20(26)27;;/h18H,2-17H2,1H3,(H,24,25)(H,26,27)(H,30,31);;/q;2*+1/p-2/t18-;;/m1../s1. The number of carbonyl (C=O) groups excluding carboxylic acids is 5. The molecule has 34 heavy (non-hydrogen) atoms. The summed E-state index contributed by atoms with van der Waals surface area (Å²) in [5, 5.41) is 23.8. The molecule has 0 aromatic heterocycles. The van der Waals surface area contributed by atoms with Crippen LogP contribution in [0.1, 0.15) is 110 Å². The topological polar surface area (TPSA) is 153 Å². The number of rotatable bonds is 20. The van der Waals surface area contributed by atoms with Crippen LogP contribution in [-0.2, 0) is 28.7 Å². The molecule has 0 radical (unpaired) electrons. The van der Waals surface area contributed by atoms with Gasteiger partial charge in [-0.1, -0.05) is 71.1 Å². The van der Waals surface area contributed by atoms with Crippen molar-refractivity contribution < 1.29 is 98.0 Å². The second-order valence-electron chi connectivity index (χ2n) is 7.98. The van der Waals surface area contributed by atoms with Gasteiger partial charge >= 0.3 is 71.1 Å². The van der Waals surface area contributed by atoms with Gasteiger partial charge in [-0.2, -0.15) is 0 Å². The number of carbonyl (C=O) groups is 5. The van der Waals surface area contributed by atoms with Crippen molar-refractivity contribution in [3.05, 3.63) is 0 Å². The molecule has 0 bridgehead atoms. The predicted molar refractivity (Wildman–Crippen MR) is 113 cm³/mol. The Morgan fingerprint density at radius 1 is 0.676 bits per heavy atom. The quantitative estimate of drug-likeness (QED) is 0.0756. The van der Waals surface area contributed by atoms with Gasteiger partial charge in [-0.15, -0.1) is 0 Å². The molecular formula is C23H37NNa2O8. The van der Waals surface area contributed by atoms with E-state index in [9.17, 15) is 34.2 Å². The van der Waals surface area contributed by atoms with E-state index < -0.39 is 55.1 Å². The van der Waals surface area contributed by atoms with Crippen LogP contribution in [0.2, 0.25) is 0 Å². The Labute approximate surface area is 247 Å². The molecule has 0 aliphatic rings. The van der Waals surface area contributed by atoms with Crippen molar-refractivity contribution in [3.8, 4) is 0 Å². The molecule has 9 nitrogen and oxygen atoms in total. The molecule has 0 rings (SSSR count). The summed E-state index contributed by atoms with van der Waals surface area (Å²) in [6, 6.07) is -1.37. The van der Waals surface area contributed by atoms with Gasteiger partial charge in [-0.3, -0.25) is 14.4 Å². The van der Waals surface area contributed by atoms with Crippen molar-refractivity contribution >= 4 is 29.8 Å². The first-order chi connectivity index (χ1) is 15.3. The first-order valence-corrected chi connectivity index (χ1v) is 11.7. The molecule has 0 aromatic rings. The molecule has 1 N–H and O–H groups in total. The van der Waals surface area contributed by atoms with E-state index in [1.54, 1.807) is 0 Å². The van der Waals surface area contributed by atoms with E-state index in [0.717, 1.165) is 19.3 Å². The summed E-state index contributed by atoms with van der Waals surface area (Å²) in [4.78, 5) is 56.2. The zero-order valence-electron chi connectivity index (χ0n) is 21.2. The molecule has 0 saturated carbocycles. The van der Waals surface area contributed by atoms with Gasteiger partial charge in [0.2, 0.25) is 5.91 Å². The first kappa shape index (κ1) is 38.1. The molecule has 0 aliphatic heterocycles. The van der Waals surface area contributed by atoms with Gasteiger partial charge in [-0.25, -0.2) is 0 Å². The third kappa shape index (κ3) is 24.7. The summed E-state index contributed by atoms with van der Waals surface area (Å²) < 4.78 is 4.38. The number of ether oxygens (including phenoxy) is 1. The number of nitrogens with one attached hydrogen (secondary N) is 1. The Hall–Kier alpha value is -0.450. The van der Waals surface area contributed by atoms with Gasteiger partial charge in [0.1, 0.15) is 0 Å². The summed E-state index contributed by atoms with van der Waals surface area (Å²) in [5.74, 6) is -5.46. The summed E-state index contributed by atoms with van der Waals surface area (Å²) in [7, 11) is 0. The van der Waals surface area contributed by atoms with E-state index in [1.807, 2.05) is 0 Å². The van der Waals surface area contributed by atoms with Gasteiger partial charge in [0.15, 0.2) is 0 Å². The van der Waals surface area contributed by atoms with Crippen molar-refractivity contribution in [1.82, 2.24) is 5.32 Å². The summed E-state index contributed by atoms with van der Waals surface area (Å²) in [5.41, 5.74) is 0. The van der Waals surface area contributed by atoms with Gasteiger partial charge < -0.3 is 29.9 Å². The minimum Gasteiger partial charge on any atom is -0.550 e. The largest absolute Gasteiger partial charge is 1.00 e. The van der Waals surface area contributed by atoms with E-state index in [0.29, 0.717) is 6.42 Å². The number of esters is 2. The molecule has 184 valence electrons. The molecule has 0 aliphatic carbocycles. The number of aliphatic carboxylic acids is 2. The molecule has 11 heteroatoms. The first-order valence-electron chi connectivity index (χ1n) is 11.7. The Kier molecular flexibility index (Phi) is 28.7. The number of carboxylic acids is 2. The fourth-order valence-corrected chi connectivity index (χ4v) is 3.16. The Morgan fingerprint density at radius 2 is 1.15 bits per heavy atom. The Balaban J connectivity index is -0.00000480.